The highest BCUT2D eigenvalue weighted by molar-refractivity contribution is 6.30. The highest BCUT2D eigenvalue weighted by Crippen LogP contribution is 2.27. The molecule has 0 radical (unpaired) electrons. The molecule has 0 aromatic heterocycles. The predicted molar refractivity (Wildman–Crippen MR) is 88.7 cm³/mol. The van der Waals surface area contributed by atoms with Gasteiger partial charge in [0.2, 0.25) is 11.8 Å². The maximum Gasteiger partial charge on any atom is 0.257 e. The van der Waals surface area contributed by atoms with Crippen LogP contribution in [0.2, 0.25) is 5.02 Å². The zero-order valence-corrected chi connectivity index (χ0v) is 14.2. The van der Waals surface area contributed by atoms with Gasteiger partial charge in [0.1, 0.15) is 6.04 Å². The minimum atomic E-state index is -0.769. The summed E-state index contributed by atoms with van der Waals surface area (Å²) in [5, 5.41) is 0.526. The molecule has 24 heavy (non-hydrogen) atoms. The number of hydrogen-bond acceptors (Lipinski definition) is 4. The van der Waals surface area contributed by atoms with Gasteiger partial charge >= 0.3 is 0 Å². The standard InChI is InChI=1S/C17H19ClN2O4/c1-11(21)19(10-14-3-2-8-24-14)15-9-16(22)20(17(15)23)13-6-4-12(18)5-7-13/h4-7,14-15H,2-3,8-10H2,1H3. The van der Waals surface area contributed by atoms with Gasteiger partial charge in [-0.15, -0.1) is 0 Å². The number of carbonyl (C=O) groups excluding carboxylic acids is 3. The van der Waals surface area contributed by atoms with E-state index in [0.717, 1.165) is 17.7 Å². The first-order valence-corrected chi connectivity index (χ1v) is 8.36. The van der Waals surface area contributed by atoms with Gasteiger partial charge in [0.25, 0.3) is 5.91 Å². The monoisotopic (exact) mass is 350 g/mol. The minimum Gasteiger partial charge on any atom is -0.376 e. The summed E-state index contributed by atoms with van der Waals surface area (Å²) in [6.45, 7) is 2.43. The molecule has 2 heterocycles. The third kappa shape index (κ3) is 3.30. The SMILES string of the molecule is CC(=O)N(CC1CCCO1)C1CC(=O)N(c2ccc(Cl)cc2)C1=O. The average molecular weight is 351 g/mol. The van der Waals surface area contributed by atoms with Crippen LogP contribution in [0.5, 0.6) is 0 Å². The Morgan fingerprint density at radius 3 is 2.62 bits per heavy atom. The second-order valence-corrected chi connectivity index (χ2v) is 6.51. The van der Waals surface area contributed by atoms with Gasteiger partial charge in [0.05, 0.1) is 18.2 Å². The molecule has 7 heteroatoms. The van der Waals surface area contributed by atoms with E-state index in [1.165, 1.54) is 11.8 Å². The molecule has 0 N–H and O–H groups in total. The Kier molecular flexibility index (Phi) is 4.87. The van der Waals surface area contributed by atoms with E-state index in [4.69, 9.17) is 16.3 Å². The third-order valence-electron chi connectivity index (χ3n) is 4.41. The predicted octanol–water partition coefficient (Wildman–Crippen LogP) is 2.00. The summed E-state index contributed by atoms with van der Waals surface area (Å²) in [6, 6.07) is 5.73. The number of hydrogen-bond donors (Lipinski definition) is 0. The Morgan fingerprint density at radius 1 is 1.33 bits per heavy atom. The van der Waals surface area contributed by atoms with Crippen LogP contribution in [0, 0.1) is 0 Å². The van der Waals surface area contributed by atoms with Crippen LogP contribution in [0.1, 0.15) is 26.2 Å². The number of halogens is 1. The summed E-state index contributed by atoms with van der Waals surface area (Å²) >= 11 is 5.85. The lowest BCUT2D eigenvalue weighted by atomic mass is 10.1. The van der Waals surface area contributed by atoms with E-state index in [0.29, 0.717) is 23.9 Å². The van der Waals surface area contributed by atoms with Crippen molar-refractivity contribution < 1.29 is 19.1 Å². The Labute approximate surface area is 145 Å². The Morgan fingerprint density at radius 2 is 2.04 bits per heavy atom. The Bertz CT molecular complexity index is 655. The van der Waals surface area contributed by atoms with Crippen LogP contribution in [0.4, 0.5) is 5.69 Å². The lowest BCUT2D eigenvalue weighted by molar-refractivity contribution is -0.138. The van der Waals surface area contributed by atoms with Crippen LogP contribution < -0.4 is 4.90 Å². The maximum atomic E-state index is 12.8. The van der Waals surface area contributed by atoms with Crippen LogP contribution in [-0.2, 0) is 19.1 Å². The van der Waals surface area contributed by atoms with Gasteiger partial charge in [-0.2, -0.15) is 0 Å². The van der Waals surface area contributed by atoms with E-state index in [9.17, 15) is 14.4 Å². The van der Waals surface area contributed by atoms with Crippen molar-refractivity contribution in [3.63, 3.8) is 0 Å². The van der Waals surface area contributed by atoms with E-state index in [2.05, 4.69) is 0 Å². The number of ether oxygens (including phenoxy) is 1. The van der Waals surface area contributed by atoms with Crippen LogP contribution in [0.15, 0.2) is 24.3 Å². The average Bonchev–Trinajstić information content (AvgIpc) is 3.14. The molecule has 0 saturated carbocycles. The molecule has 2 unspecified atom stereocenters. The first kappa shape index (κ1) is 16.9. The van der Waals surface area contributed by atoms with Gasteiger partial charge in [-0.05, 0) is 37.1 Å². The van der Waals surface area contributed by atoms with E-state index in [1.54, 1.807) is 24.3 Å². The number of benzene rings is 1. The number of anilines is 1. The topological polar surface area (TPSA) is 66.9 Å². The minimum absolute atomic E-state index is 0.00619. The van der Waals surface area contributed by atoms with Crippen molar-refractivity contribution in [2.75, 3.05) is 18.1 Å². The van der Waals surface area contributed by atoms with Gasteiger partial charge in [0.15, 0.2) is 0 Å². The van der Waals surface area contributed by atoms with Crippen molar-refractivity contribution in [1.82, 2.24) is 4.90 Å². The molecule has 2 aliphatic rings. The molecule has 6 nitrogen and oxygen atoms in total. The fourth-order valence-corrected chi connectivity index (χ4v) is 3.33. The van der Waals surface area contributed by atoms with E-state index < -0.39 is 6.04 Å². The summed E-state index contributed by atoms with van der Waals surface area (Å²) in [7, 11) is 0. The van der Waals surface area contributed by atoms with E-state index >= 15 is 0 Å². The van der Waals surface area contributed by atoms with Gasteiger partial charge in [-0.3, -0.25) is 14.4 Å². The molecule has 0 bridgehead atoms. The van der Waals surface area contributed by atoms with Crippen LogP contribution in [0.25, 0.3) is 0 Å². The number of rotatable bonds is 4. The van der Waals surface area contributed by atoms with Crippen molar-refractivity contribution in [1.29, 1.82) is 0 Å². The second kappa shape index (κ2) is 6.91. The summed E-state index contributed by atoms with van der Waals surface area (Å²) in [5.41, 5.74) is 0.470. The molecule has 1 aromatic carbocycles. The van der Waals surface area contributed by atoms with E-state index in [1.807, 2.05) is 0 Å². The first-order valence-electron chi connectivity index (χ1n) is 7.98. The molecule has 1 aromatic rings. The van der Waals surface area contributed by atoms with Crippen molar-refractivity contribution in [2.24, 2.45) is 0 Å². The van der Waals surface area contributed by atoms with Crippen molar-refractivity contribution in [3.05, 3.63) is 29.3 Å². The molecular formula is C17H19ClN2O4. The molecule has 2 aliphatic heterocycles. The Hall–Kier alpha value is -1.92. The third-order valence-corrected chi connectivity index (χ3v) is 4.66. The van der Waals surface area contributed by atoms with Crippen molar-refractivity contribution in [2.45, 2.75) is 38.3 Å². The Balaban J connectivity index is 1.80. The van der Waals surface area contributed by atoms with Crippen molar-refractivity contribution in [3.8, 4) is 0 Å². The molecule has 2 atom stereocenters. The zero-order chi connectivity index (χ0) is 17.3. The number of amides is 3. The molecule has 0 aliphatic carbocycles. The van der Waals surface area contributed by atoms with E-state index in [-0.39, 0.29) is 30.2 Å². The van der Waals surface area contributed by atoms with Gasteiger partial charge in [-0.1, -0.05) is 11.6 Å². The molecule has 0 spiro atoms. The maximum absolute atomic E-state index is 12.8. The number of carbonyl (C=O) groups is 3. The van der Waals surface area contributed by atoms with Gasteiger partial charge in [0, 0.05) is 25.1 Å². The quantitative estimate of drug-likeness (QED) is 0.779. The van der Waals surface area contributed by atoms with Crippen molar-refractivity contribution >= 4 is 35.0 Å². The largest absolute Gasteiger partial charge is 0.376 e. The fraction of sp³-hybridized carbons (Fsp3) is 0.471. The van der Waals surface area contributed by atoms with Crippen LogP contribution >= 0.6 is 11.6 Å². The number of nitrogens with zero attached hydrogens (tertiary/aromatic N) is 2. The molecule has 128 valence electrons. The summed E-state index contributed by atoms with van der Waals surface area (Å²) in [6.07, 6.45) is 1.74. The highest BCUT2D eigenvalue weighted by atomic mass is 35.5. The fourth-order valence-electron chi connectivity index (χ4n) is 3.20. The zero-order valence-electron chi connectivity index (χ0n) is 13.4. The molecule has 3 rings (SSSR count). The van der Waals surface area contributed by atoms with Gasteiger partial charge in [-0.25, -0.2) is 4.90 Å². The van der Waals surface area contributed by atoms with Gasteiger partial charge < -0.3 is 9.64 Å². The lowest BCUT2D eigenvalue weighted by Crippen LogP contribution is -2.47. The second-order valence-electron chi connectivity index (χ2n) is 6.07. The normalized spacial score (nSPS) is 23.8. The molecular weight excluding hydrogens is 332 g/mol. The summed E-state index contributed by atoms with van der Waals surface area (Å²) < 4.78 is 5.56. The smallest absolute Gasteiger partial charge is 0.257 e. The summed E-state index contributed by atoms with van der Waals surface area (Å²) in [4.78, 5) is 39.7. The highest BCUT2D eigenvalue weighted by Gasteiger charge is 2.44. The first-order chi connectivity index (χ1) is 11.5. The lowest BCUT2D eigenvalue weighted by Gasteiger charge is -2.28. The van der Waals surface area contributed by atoms with Crippen LogP contribution in [-0.4, -0.2) is 47.9 Å². The number of imide groups is 1. The molecule has 2 fully saturated rings. The van der Waals surface area contributed by atoms with Crippen LogP contribution in [0.3, 0.4) is 0 Å². The summed E-state index contributed by atoms with van der Waals surface area (Å²) in [5.74, 6) is -0.920. The molecule has 3 amide bonds. The molecule has 2 saturated heterocycles.